The molecule has 1 amide bonds. The number of anilines is 2. The predicted molar refractivity (Wildman–Crippen MR) is 114 cm³/mol. The van der Waals surface area contributed by atoms with Crippen LogP contribution in [-0.4, -0.2) is 28.5 Å². The summed E-state index contributed by atoms with van der Waals surface area (Å²) in [4.78, 5) is 44.1. The number of carbonyl (C=O) groups is 2. The Kier molecular flexibility index (Phi) is 5.97. The minimum Gasteiger partial charge on any atom is -0.462 e. The first-order valence-electron chi connectivity index (χ1n) is 9.14. The SMILES string of the molecule is CCOC(=O)c1sc2nc([C@@H](C)Nc3ccc(NC(C)=O)cc3)[nH]c(=O)c2c1C. The van der Waals surface area contributed by atoms with Crippen molar-refractivity contribution in [2.75, 3.05) is 17.2 Å². The minimum absolute atomic E-state index is 0.136. The Morgan fingerprint density at radius 3 is 2.52 bits per heavy atom. The largest absolute Gasteiger partial charge is 0.462 e. The average molecular weight is 414 g/mol. The van der Waals surface area contributed by atoms with Gasteiger partial charge in [-0.25, -0.2) is 9.78 Å². The molecule has 0 radical (unpaired) electrons. The van der Waals surface area contributed by atoms with Gasteiger partial charge in [0.2, 0.25) is 5.91 Å². The maximum atomic E-state index is 12.6. The molecule has 2 aromatic heterocycles. The van der Waals surface area contributed by atoms with Gasteiger partial charge >= 0.3 is 5.97 Å². The average Bonchev–Trinajstić information content (AvgIpc) is 3.00. The summed E-state index contributed by atoms with van der Waals surface area (Å²) in [6.45, 7) is 7.05. The van der Waals surface area contributed by atoms with Crippen LogP contribution in [0.4, 0.5) is 11.4 Å². The van der Waals surface area contributed by atoms with Crippen molar-refractivity contribution >= 4 is 44.8 Å². The van der Waals surface area contributed by atoms with Gasteiger partial charge in [-0.1, -0.05) is 0 Å². The van der Waals surface area contributed by atoms with Crippen molar-refractivity contribution in [3.05, 3.63) is 50.9 Å². The van der Waals surface area contributed by atoms with E-state index < -0.39 is 5.97 Å². The number of aromatic amines is 1. The molecule has 0 aliphatic carbocycles. The number of amides is 1. The van der Waals surface area contributed by atoms with Crippen LogP contribution in [0.15, 0.2) is 29.1 Å². The van der Waals surface area contributed by atoms with E-state index in [0.717, 1.165) is 17.0 Å². The summed E-state index contributed by atoms with van der Waals surface area (Å²) in [7, 11) is 0. The van der Waals surface area contributed by atoms with Crippen LogP contribution in [0.5, 0.6) is 0 Å². The zero-order valence-electron chi connectivity index (χ0n) is 16.6. The van der Waals surface area contributed by atoms with Crippen LogP contribution >= 0.6 is 11.3 Å². The summed E-state index contributed by atoms with van der Waals surface area (Å²) in [6.07, 6.45) is 0. The van der Waals surface area contributed by atoms with Crippen LogP contribution < -0.4 is 16.2 Å². The molecule has 9 heteroatoms. The number of hydrogen-bond donors (Lipinski definition) is 3. The molecule has 2 heterocycles. The second-order valence-electron chi connectivity index (χ2n) is 6.53. The number of benzene rings is 1. The smallest absolute Gasteiger partial charge is 0.348 e. The zero-order chi connectivity index (χ0) is 21.1. The van der Waals surface area contributed by atoms with Gasteiger partial charge in [-0.2, -0.15) is 0 Å². The maximum absolute atomic E-state index is 12.6. The minimum atomic E-state index is -0.445. The molecule has 0 saturated carbocycles. The van der Waals surface area contributed by atoms with Gasteiger partial charge in [0, 0.05) is 18.3 Å². The Labute approximate surface area is 171 Å². The van der Waals surface area contributed by atoms with Crippen LogP contribution in [0.1, 0.15) is 47.9 Å². The molecule has 29 heavy (non-hydrogen) atoms. The van der Waals surface area contributed by atoms with Crippen molar-refractivity contribution in [2.45, 2.75) is 33.7 Å². The molecule has 0 aliphatic heterocycles. The van der Waals surface area contributed by atoms with Crippen molar-refractivity contribution in [3.63, 3.8) is 0 Å². The van der Waals surface area contributed by atoms with Crippen LogP contribution in [-0.2, 0) is 9.53 Å². The Morgan fingerprint density at radius 2 is 1.90 bits per heavy atom. The van der Waals surface area contributed by atoms with Crippen LogP contribution in [0.3, 0.4) is 0 Å². The standard InChI is InChI=1S/C20H22N4O4S/c1-5-28-20(27)16-10(2)15-18(26)23-17(24-19(15)29-16)11(3)21-13-6-8-14(9-7-13)22-12(4)25/h6-9,11,21H,5H2,1-4H3,(H,22,25)(H,23,24,26)/t11-/m1/s1. The number of thiophene rings is 1. The Hall–Kier alpha value is -3.20. The summed E-state index contributed by atoms with van der Waals surface area (Å²) in [5.41, 5.74) is 1.80. The first kappa shape index (κ1) is 20.5. The summed E-state index contributed by atoms with van der Waals surface area (Å²) < 4.78 is 5.06. The Balaban J connectivity index is 1.86. The molecule has 3 aromatic rings. The number of aryl methyl sites for hydroxylation is 1. The van der Waals surface area contributed by atoms with Gasteiger partial charge in [0.25, 0.3) is 5.56 Å². The van der Waals surface area contributed by atoms with E-state index in [1.165, 1.54) is 6.92 Å². The summed E-state index contributed by atoms with van der Waals surface area (Å²) in [6, 6.07) is 6.93. The van der Waals surface area contributed by atoms with Crippen LogP contribution in [0.2, 0.25) is 0 Å². The molecule has 3 N–H and O–H groups in total. The monoisotopic (exact) mass is 414 g/mol. The van der Waals surface area contributed by atoms with Gasteiger partial charge in [-0.15, -0.1) is 11.3 Å². The lowest BCUT2D eigenvalue weighted by molar-refractivity contribution is -0.114. The third kappa shape index (κ3) is 4.45. The van der Waals surface area contributed by atoms with Gasteiger partial charge in [0.1, 0.15) is 15.5 Å². The second kappa shape index (κ2) is 8.44. The van der Waals surface area contributed by atoms with E-state index in [0.29, 0.717) is 32.2 Å². The molecular formula is C20H22N4O4S. The first-order chi connectivity index (χ1) is 13.8. The molecule has 0 aliphatic rings. The van der Waals surface area contributed by atoms with Crippen LogP contribution in [0.25, 0.3) is 10.2 Å². The van der Waals surface area contributed by atoms with E-state index in [1.807, 2.05) is 19.1 Å². The molecule has 8 nitrogen and oxygen atoms in total. The van der Waals surface area contributed by atoms with Gasteiger partial charge in [-0.05, 0) is 50.6 Å². The molecule has 3 rings (SSSR count). The second-order valence-corrected chi connectivity index (χ2v) is 7.53. The zero-order valence-corrected chi connectivity index (χ0v) is 17.4. The predicted octanol–water partition coefficient (Wildman–Crippen LogP) is 3.60. The van der Waals surface area contributed by atoms with Gasteiger partial charge in [-0.3, -0.25) is 9.59 Å². The molecule has 152 valence electrons. The van der Waals surface area contributed by atoms with E-state index in [1.54, 1.807) is 26.0 Å². The normalized spacial score (nSPS) is 11.9. The number of esters is 1. The molecule has 1 atom stereocenters. The number of fused-ring (bicyclic) bond motifs is 1. The Bertz CT molecular complexity index is 1120. The fourth-order valence-electron chi connectivity index (χ4n) is 2.93. The van der Waals surface area contributed by atoms with E-state index in [-0.39, 0.29) is 24.1 Å². The number of ether oxygens (including phenoxy) is 1. The summed E-state index contributed by atoms with van der Waals surface area (Å²) in [5, 5.41) is 6.38. The lowest BCUT2D eigenvalue weighted by Crippen LogP contribution is -2.17. The number of carbonyl (C=O) groups excluding carboxylic acids is 2. The molecule has 1 aromatic carbocycles. The summed E-state index contributed by atoms with van der Waals surface area (Å²) >= 11 is 1.16. The van der Waals surface area contributed by atoms with E-state index >= 15 is 0 Å². The van der Waals surface area contributed by atoms with Crippen LogP contribution in [0, 0.1) is 6.92 Å². The van der Waals surface area contributed by atoms with E-state index in [2.05, 4.69) is 20.6 Å². The number of aromatic nitrogens is 2. The highest BCUT2D eigenvalue weighted by molar-refractivity contribution is 7.20. The number of nitrogens with one attached hydrogen (secondary N) is 3. The highest BCUT2D eigenvalue weighted by Gasteiger charge is 2.21. The fourth-order valence-corrected chi connectivity index (χ4v) is 4.01. The fraction of sp³-hybridized carbons (Fsp3) is 0.300. The molecule has 0 bridgehead atoms. The number of hydrogen-bond acceptors (Lipinski definition) is 7. The third-order valence-electron chi connectivity index (χ3n) is 4.28. The van der Waals surface area contributed by atoms with Gasteiger partial charge < -0.3 is 20.4 Å². The molecule has 0 spiro atoms. The lowest BCUT2D eigenvalue weighted by Gasteiger charge is -2.15. The van der Waals surface area contributed by atoms with Crippen molar-refractivity contribution in [3.8, 4) is 0 Å². The van der Waals surface area contributed by atoms with Crippen molar-refractivity contribution in [1.82, 2.24) is 9.97 Å². The lowest BCUT2D eigenvalue weighted by atomic mass is 10.2. The highest BCUT2D eigenvalue weighted by atomic mass is 32.1. The van der Waals surface area contributed by atoms with Gasteiger partial charge in [0.15, 0.2) is 0 Å². The maximum Gasteiger partial charge on any atom is 0.348 e. The van der Waals surface area contributed by atoms with E-state index in [9.17, 15) is 14.4 Å². The third-order valence-corrected chi connectivity index (χ3v) is 5.44. The number of rotatable bonds is 6. The molecular weight excluding hydrogens is 392 g/mol. The first-order valence-corrected chi connectivity index (χ1v) is 9.96. The number of H-pyrrole nitrogens is 1. The van der Waals surface area contributed by atoms with Gasteiger partial charge in [0.05, 0.1) is 18.0 Å². The molecule has 0 saturated heterocycles. The number of nitrogens with zero attached hydrogens (tertiary/aromatic N) is 1. The summed E-state index contributed by atoms with van der Waals surface area (Å²) in [5.74, 6) is -0.118. The van der Waals surface area contributed by atoms with Crippen molar-refractivity contribution in [2.24, 2.45) is 0 Å². The van der Waals surface area contributed by atoms with Crippen molar-refractivity contribution < 1.29 is 14.3 Å². The Morgan fingerprint density at radius 1 is 1.24 bits per heavy atom. The quantitative estimate of drug-likeness (QED) is 0.531. The van der Waals surface area contributed by atoms with Crippen molar-refractivity contribution in [1.29, 1.82) is 0 Å². The molecule has 0 unspecified atom stereocenters. The molecule has 0 fully saturated rings. The van der Waals surface area contributed by atoms with E-state index in [4.69, 9.17) is 4.74 Å². The highest BCUT2D eigenvalue weighted by Crippen LogP contribution is 2.28. The topological polar surface area (TPSA) is 113 Å².